The van der Waals surface area contributed by atoms with E-state index in [1.807, 2.05) is 37.5 Å². The van der Waals surface area contributed by atoms with Crippen LogP contribution in [0, 0.1) is 5.92 Å². The number of nitrogens with zero attached hydrogens (tertiary/aromatic N) is 2. The standard InChI is InChI=1S/C23H31Cl2N3O4/c1-4-5-6-32-23(31)21(27-20(22(29)30)7-15(2)3)11-19-12-26-14-28(19)13-16-8-17(24)10-18(25)9-16/h8-10,12,14-15,20-21,27H,4-7,11,13H2,1-3H3,(H,29,30)/t20-,21?/m0/s1. The van der Waals surface area contributed by atoms with Gasteiger partial charge in [0.1, 0.15) is 12.1 Å². The molecule has 0 bridgehead atoms. The van der Waals surface area contributed by atoms with E-state index in [9.17, 15) is 14.7 Å². The van der Waals surface area contributed by atoms with Crippen LogP contribution in [0.1, 0.15) is 51.3 Å². The summed E-state index contributed by atoms with van der Waals surface area (Å²) in [6.45, 7) is 6.65. The van der Waals surface area contributed by atoms with Crippen LogP contribution in [0.4, 0.5) is 0 Å². The number of benzene rings is 1. The average molecular weight is 484 g/mol. The molecule has 1 unspecified atom stereocenters. The Morgan fingerprint density at radius 3 is 2.47 bits per heavy atom. The molecule has 2 N–H and O–H groups in total. The number of carboxylic acids is 1. The minimum Gasteiger partial charge on any atom is -0.480 e. The fourth-order valence-electron chi connectivity index (χ4n) is 3.35. The molecule has 0 spiro atoms. The highest BCUT2D eigenvalue weighted by Gasteiger charge is 2.29. The van der Waals surface area contributed by atoms with E-state index in [4.69, 9.17) is 27.9 Å². The molecule has 0 radical (unpaired) electrons. The van der Waals surface area contributed by atoms with Gasteiger partial charge < -0.3 is 14.4 Å². The van der Waals surface area contributed by atoms with E-state index in [2.05, 4.69) is 10.3 Å². The van der Waals surface area contributed by atoms with Gasteiger partial charge in [-0.05, 0) is 42.5 Å². The lowest BCUT2D eigenvalue weighted by Gasteiger charge is -2.24. The van der Waals surface area contributed by atoms with Gasteiger partial charge in [0, 0.05) is 34.9 Å². The van der Waals surface area contributed by atoms with Gasteiger partial charge in [-0.3, -0.25) is 14.9 Å². The highest BCUT2D eigenvalue weighted by molar-refractivity contribution is 6.34. The van der Waals surface area contributed by atoms with Crippen molar-refractivity contribution in [3.63, 3.8) is 0 Å². The van der Waals surface area contributed by atoms with Crippen LogP contribution in [0.3, 0.4) is 0 Å². The number of imidazole rings is 1. The maximum absolute atomic E-state index is 12.8. The molecule has 0 saturated carbocycles. The summed E-state index contributed by atoms with van der Waals surface area (Å²) in [7, 11) is 0. The number of hydrogen-bond donors (Lipinski definition) is 2. The number of rotatable bonds is 13. The molecule has 2 aromatic rings. The van der Waals surface area contributed by atoms with Gasteiger partial charge in [-0.15, -0.1) is 0 Å². The maximum atomic E-state index is 12.8. The molecule has 0 fully saturated rings. The molecule has 7 nitrogen and oxygen atoms in total. The van der Waals surface area contributed by atoms with Crippen molar-refractivity contribution in [1.29, 1.82) is 0 Å². The number of aromatic nitrogens is 2. The van der Waals surface area contributed by atoms with E-state index in [1.54, 1.807) is 18.6 Å². The predicted octanol–water partition coefficient (Wildman–Crippen LogP) is 4.58. The molecule has 0 saturated heterocycles. The molecule has 1 heterocycles. The Morgan fingerprint density at radius 1 is 1.19 bits per heavy atom. The number of nitrogens with one attached hydrogen (secondary N) is 1. The molecule has 0 amide bonds. The van der Waals surface area contributed by atoms with Gasteiger partial charge in [0.2, 0.25) is 0 Å². The van der Waals surface area contributed by atoms with Gasteiger partial charge in [0.05, 0.1) is 12.9 Å². The van der Waals surface area contributed by atoms with Crippen molar-refractivity contribution >= 4 is 35.1 Å². The van der Waals surface area contributed by atoms with Crippen LogP contribution >= 0.6 is 23.2 Å². The van der Waals surface area contributed by atoms with E-state index >= 15 is 0 Å². The van der Waals surface area contributed by atoms with E-state index in [0.29, 0.717) is 29.6 Å². The largest absolute Gasteiger partial charge is 0.480 e. The first-order chi connectivity index (χ1) is 15.2. The van der Waals surface area contributed by atoms with E-state index < -0.39 is 24.0 Å². The number of carboxylic acid groups (broad SMARTS) is 1. The topological polar surface area (TPSA) is 93.5 Å². The molecule has 0 aliphatic heterocycles. The summed E-state index contributed by atoms with van der Waals surface area (Å²) in [5.74, 6) is -1.31. The third kappa shape index (κ3) is 8.45. The van der Waals surface area contributed by atoms with Gasteiger partial charge in [-0.1, -0.05) is 50.4 Å². The number of hydrogen-bond acceptors (Lipinski definition) is 5. The molecule has 0 aliphatic carbocycles. The van der Waals surface area contributed by atoms with Crippen molar-refractivity contribution in [3.8, 4) is 0 Å². The molecule has 1 aromatic heterocycles. The lowest BCUT2D eigenvalue weighted by Crippen LogP contribution is -2.49. The lowest BCUT2D eigenvalue weighted by atomic mass is 10.0. The Balaban J connectivity index is 2.22. The third-order valence-electron chi connectivity index (χ3n) is 4.92. The fourth-order valence-corrected chi connectivity index (χ4v) is 3.92. The van der Waals surface area contributed by atoms with Crippen molar-refractivity contribution in [1.82, 2.24) is 14.9 Å². The normalized spacial score (nSPS) is 13.2. The second kappa shape index (κ2) is 12.8. The van der Waals surface area contributed by atoms with Crippen molar-refractivity contribution in [2.75, 3.05) is 6.61 Å². The molecular formula is C23H31Cl2N3O4. The summed E-state index contributed by atoms with van der Waals surface area (Å²) in [5, 5.41) is 13.7. The first-order valence-corrected chi connectivity index (χ1v) is 11.5. The van der Waals surface area contributed by atoms with Crippen LogP contribution in [0.15, 0.2) is 30.7 Å². The molecule has 9 heteroatoms. The number of ether oxygens (including phenoxy) is 1. The Morgan fingerprint density at radius 2 is 1.88 bits per heavy atom. The lowest BCUT2D eigenvalue weighted by molar-refractivity contribution is -0.147. The van der Waals surface area contributed by atoms with Crippen LogP contribution in [0.2, 0.25) is 10.0 Å². The van der Waals surface area contributed by atoms with E-state index in [1.165, 1.54) is 0 Å². The number of esters is 1. The molecule has 32 heavy (non-hydrogen) atoms. The molecular weight excluding hydrogens is 453 g/mol. The minimum absolute atomic E-state index is 0.151. The first-order valence-electron chi connectivity index (χ1n) is 10.8. The summed E-state index contributed by atoms with van der Waals surface area (Å²) in [5.41, 5.74) is 1.65. The van der Waals surface area contributed by atoms with Gasteiger partial charge in [-0.25, -0.2) is 4.98 Å². The van der Waals surface area contributed by atoms with Crippen molar-refractivity contribution in [2.24, 2.45) is 5.92 Å². The quantitative estimate of drug-likeness (QED) is 0.319. The first kappa shape index (κ1) is 26.2. The van der Waals surface area contributed by atoms with E-state index in [-0.39, 0.29) is 12.3 Å². The second-order valence-corrected chi connectivity index (χ2v) is 9.13. The summed E-state index contributed by atoms with van der Waals surface area (Å²) in [6.07, 6.45) is 5.60. The monoisotopic (exact) mass is 483 g/mol. The van der Waals surface area contributed by atoms with Crippen LogP contribution in [-0.4, -0.2) is 45.3 Å². The predicted molar refractivity (Wildman–Crippen MR) is 125 cm³/mol. The van der Waals surface area contributed by atoms with Crippen LogP contribution in [0.25, 0.3) is 0 Å². The van der Waals surface area contributed by atoms with Gasteiger partial charge in [-0.2, -0.15) is 0 Å². The van der Waals surface area contributed by atoms with Gasteiger partial charge in [0.25, 0.3) is 0 Å². The van der Waals surface area contributed by atoms with E-state index in [0.717, 1.165) is 24.1 Å². The molecule has 176 valence electrons. The number of carbonyl (C=O) groups excluding carboxylic acids is 1. The van der Waals surface area contributed by atoms with Crippen LogP contribution < -0.4 is 5.32 Å². The summed E-state index contributed by atoms with van der Waals surface area (Å²) >= 11 is 12.2. The summed E-state index contributed by atoms with van der Waals surface area (Å²) in [6, 6.07) is 3.62. The minimum atomic E-state index is -0.993. The molecule has 2 atom stereocenters. The highest BCUT2D eigenvalue weighted by atomic mass is 35.5. The zero-order valence-electron chi connectivity index (χ0n) is 18.7. The number of halogens is 2. The zero-order valence-corrected chi connectivity index (χ0v) is 20.2. The molecule has 0 aliphatic rings. The van der Waals surface area contributed by atoms with Gasteiger partial charge >= 0.3 is 11.9 Å². The number of carbonyl (C=O) groups is 2. The van der Waals surface area contributed by atoms with Crippen molar-refractivity contribution < 1.29 is 19.4 Å². The Bertz CT molecular complexity index is 881. The highest BCUT2D eigenvalue weighted by Crippen LogP contribution is 2.20. The van der Waals surface area contributed by atoms with Gasteiger partial charge in [0.15, 0.2) is 0 Å². The average Bonchev–Trinajstić information content (AvgIpc) is 3.12. The Labute approximate surface area is 199 Å². The maximum Gasteiger partial charge on any atom is 0.323 e. The van der Waals surface area contributed by atoms with Crippen molar-refractivity contribution in [3.05, 3.63) is 52.0 Å². The Kier molecular flexibility index (Phi) is 10.5. The summed E-state index contributed by atoms with van der Waals surface area (Å²) < 4.78 is 7.29. The number of aliphatic carboxylic acids is 1. The third-order valence-corrected chi connectivity index (χ3v) is 5.36. The zero-order chi connectivity index (χ0) is 23.7. The SMILES string of the molecule is CCCCOC(=O)C(Cc1cncn1Cc1cc(Cl)cc(Cl)c1)N[C@@H](CC(C)C)C(=O)O. The summed E-state index contributed by atoms with van der Waals surface area (Å²) in [4.78, 5) is 28.8. The Hall–Kier alpha value is -2.09. The second-order valence-electron chi connectivity index (χ2n) is 8.26. The van der Waals surface area contributed by atoms with Crippen LogP contribution in [-0.2, 0) is 27.3 Å². The molecule has 1 aromatic carbocycles. The smallest absolute Gasteiger partial charge is 0.323 e. The fraction of sp³-hybridized carbons (Fsp3) is 0.522. The van der Waals surface area contributed by atoms with Crippen LogP contribution in [0.5, 0.6) is 0 Å². The molecule has 2 rings (SSSR count). The van der Waals surface area contributed by atoms with Crippen molar-refractivity contribution in [2.45, 2.75) is 65.1 Å². The number of unbranched alkanes of at least 4 members (excludes halogenated alkanes) is 1.